The minimum absolute atomic E-state index is 0.393. The van der Waals surface area contributed by atoms with Crippen LogP contribution >= 0.6 is 0 Å². The molecule has 1 aliphatic heterocycles. The van der Waals surface area contributed by atoms with Crippen molar-refractivity contribution < 1.29 is 0 Å². The highest BCUT2D eigenvalue weighted by atomic mass is 15.4. The molecule has 2 unspecified atom stereocenters. The molecule has 0 bridgehead atoms. The van der Waals surface area contributed by atoms with Gasteiger partial charge in [0.1, 0.15) is 0 Å². The second-order valence-electron chi connectivity index (χ2n) is 5.48. The van der Waals surface area contributed by atoms with Gasteiger partial charge in [-0.05, 0) is 50.9 Å². The number of hydrogen-bond donors (Lipinski definition) is 3. The van der Waals surface area contributed by atoms with E-state index in [4.69, 9.17) is 0 Å². The third-order valence-electron chi connectivity index (χ3n) is 3.98. The first-order valence-corrected chi connectivity index (χ1v) is 7.40. The fraction of sp³-hybridized carbons (Fsp3) is 0.529. The summed E-state index contributed by atoms with van der Waals surface area (Å²) in [6.07, 6.45) is 12.0. The van der Waals surface area contributed by atoms with Crippen LogP contribution in [0.15, 0.2) is 48.7 Å². The van der Waals surface area contributed by atoms with E-state index in [0.717, 1.165) is 5.92 Å². The highest BCUT2D eigenvalue weighted by molar-refractivity contribution is 5.31. The van der Waals surface area contributed by atoms with Crippen molar-refractivity contribution in [2.75, 3.05) is 14.1 Å². The first-order chi connectivity index (χ1) is 9.69. The van der Waals surface area contributed by atoms with Crippen molar-refractivity contribution in [2.45, 2.75) is 32.2 Å². The maximum atomic E-state index is 3.95. The molecule has 1 aliphatic carbocycles. The van der Waals surface area contributed by atoms with E-state index in [9.17, 15) is 0 Å². The molecule has 0 saturated heterocycles. The Morgan fingerprint density at radius 1 is 1.40 bits per heavy atom. The SMILES string of the molecule is C=C/C=C(\C=C)C(C1CCC1)C1NNC=C1C.CNC. The molecule has 0 aromatic carbocycles. The van der Waals surface area contributed by atoms with Crippen LogP contribution in [0.1, 0.15) is 26.2 Å². The van der Waals surface area contributed by atoms with Crippen LogP contribution in [0.3, 0.4) is 0 Å². The molecule has 1 fully saturated rings. The van der Waals surface area contributed by atoms with E-state index in [2.05, 4.69) is 48.5 Å². The van der Waals surface area contributed by atoms with E-state index in [-0.39, 0.29) is 0 Å². The molecule has 3 heteroatoms. The van der Waals surface area contributed by atoms with Gasteiger partial charge in [-0.15, -0.1) is 0 Å². The summed E-state index contributed by atoms with van der Waals surface area (Å²) in [6.45, 7) is 9.94. The summed E-state index contributed by atoms with van der Waals surface area (Å²) >= 11 is 0. The van der Waals surface area contributed by atoms with Crippen molar-refractivity contribution in [3.8, 4) is 0 Å². The summed E-state index contributed by atoms with van der Waals surface area (Å²) in [5.41, 5.74) is 9.17. The highest BCUT2D eigenvalue weighted by Gasteiger charge is 2.36. The number of nitrogens with one attached hydrogen (secondary N) is 3. The minimum Gasteiger partial charge on any atom is -0.328 e. The molecule has 1 saturated carbocycles. The van der Waals surface area contributed by atoms with Crippen molar-refractivity contribution in [2.24, 2.45) is 11.8 Å². The van der Waals surface area contributed by atoms with Gasteiger partial charge in [0.2, 0.25) is 0 Å². The summed E-state index contributed by atoms with van der Waals surface area (Å²) in [6, 6.07) is 0.393. The van der Waals surface area contributed by atoms with Crippen molar-refractivity contribution >= 4 is 0 Å². The second kappa shape index (κ2) is 8.77. The molecular formula is C17H29N3. The molecule has 3 N–H and O–H groups in total. The molecule has 20 heavy (non-hydrogen) atoms. The standard InChI is InChI=1S/C15H22N2.C2H7N/c1-4-7-12(5-2)14(13-8-6-9-13)15-11(3)10-16-17-15;1-3-2/h4-5,7,10,13-17H,1-2,6,8-9H2,3H3;3H,1-2H3/b12-7+;. The fourth-order valence-electron chi connectivity index (χ4n) is 2.81. The maximum absolute atomic E-state index is 3.95. The lowest BCUT2D eigenvalue weighted by Crippen LogP contribution is -2.43. The van der Waals surface area contributed by atoms with E-state index < -0.39 is 0 Å². The molecule has 2 rings (SSSR count). The van der Waals surface area contributed by atoms with Crippen molar-refractivity contribution in [3.05, 3.63) is 48.7 Å². The molecule has 0 amide bonds. The lowest BCUT2D eigenvalue weighted by atomic mass is 9.68. The highest BCUT2D eigenvalue weighted by Crippen LogP contribution is 2.41. The maximum Gasteiger partial charge on any atom is 0.0555 e. The molecule has 1 heterocycles. The molecule has 0 spiro atoms. The van der Waals surface area contributed by atoms with Crippen LogP contribution in [-0.2, 0) is 0 Å². The summed E-state index contributed by atoms with van der Waals surface area (Å²) < 4.78 is 0. The number of rotatable bonds is 5. The zero-order chi connectivity index (χ0) is 15.0. The molecule has 0 radical (unpaired) electrons. The van der Waals surface area contributed by atoms with Crippen molar-refractivity contribution in [1.29, 1.82) is 0 Å². The van der Waals surface area contributed by atoms with Gasteiger partial charge in [0.25, 0.3) is 0 Å². The van der Waals surface area contributed by atoms with Gasteiger partial charge in [-0.25, -0.2) is 5.43 Å². The van der Waals surface area contributed by atoms with Crippen LogP contribution in [0.2, 0.25) is 0 Å². The normalized spacial score (nSPS) is 23.6. The summed E-state index contributed by atoms with van der Waals surface area (Å²) in [4.78, 5) is 0. The molecule has 0 aromatic rings. The Balaban J connectivity index is 0.000000612. The predicted molar refractivity (Wildman–Crippen MR) is 88.1 cm³/mol. The zero-order valence-electron chi connectivity index (χ0n) is 13.1. The van der Waals surface area contributed by atoms with Crippen LogP contribution < -0.4 is 16.2 Å². The van der Waals surface area contributed by atoms with Gasteiger partial charge >= 0.3 is 0 Å². The van der Waals surface area contributed by atoms with Gasteiger partial charge in [-0.1, -0.05) is 37.8 Å². The first kappa shape index (κ1) is 16.7. The quantitative estimate of drug-likeness (QED) is 0.675. The van der Waals surface area contributed by atoms with Crippen LogP contribution in [0.4, 0.5) is 0 Å². The van der Waals surface area contributed by atoms with E-state index in [1.165, 1.54) is 30.4 Å². The zero-order valence-corrected chi connectivity index (χ0v) is 13.1. The van der Waals surface area contributed by atoms with Gasteiger partial charge in [0.15, 0.2) is 0 Å². The Kier molecular flexibility index (Phi) is 7.34. The second-order valence-corrected chi connectivity index (χ2v) is 5.48. The Labute approximate surface area is 123 Å². The summed E-state index contributed by atoms with van der Waals surface area (Å²) in [7, 11) is 3.75. The Hall–Kier alpha value is -1.32. The van der Waals surface area contributed by atoms with E-state index >= 15 is 0 Å². The van der Waals surface area contributed by atoms with Crippen molar-refractivity contribution in [3.63, 3.8) is 0 Å². The van der Waals surface area contributed by atoms with E-state index in [1.807, 2.05) is 26.2 Å². The van der Waals surface area contributed by atoms with Gasteiger partial charge < -0.3 is 10.7 Å². The first-order valence-electron chi connectivity index (χ1n) is 7.40. The minimum atomic E-state index is 0.393. The number of hydrogen-bond acceptors (Lipinski definition) is 3. The Morgan fingerprint density at radius 3 is 2.40 bits per heavy atom. The molecule has 0 aromatic heterocycles. The lowest BCUT2D eigenvalue weighted by Gasteiger charge is -2.38. The molecule has 2 aliphatic rings. The van der Waals surface area contributed by atoms with Gasteiger partial charge in [0, 0.05) is 12.1 Å². The third kappa shape index (κ3) is 4.09. The van der Waals surface area contributed by atoms with Crippen LogP contribution in [0.5, 0.6) is 0 Å². The average Bonchev–Trinajstić information content (AvgIpc) is 2.78. The monoisotopic (exact) mass is 275 g/mol. The molecule has 3 nitrogen and oxygen atoms in total. The van der Waals surface area contributed by atoms with Gasteiger partial charge in [-0.2, -0.15) is 0 Å². The molecule has 112 valence electrons. The average molecular weight is 275 g/mol. The number of hydrazine groups is 1. The third-order valence-corrected chi connectivity index (χ3v) is 3.98. The smallest absolute Gasteiger partial charge is 0.0555 e. The Bertz CT molecular complexity index is 378. The number of allylic oxidation sites excluding steroid dienone is 3. The van der Waals surface area contributed by atoms with Gasteiger partial charge in [-0.3, -0.25) is 0 Å². The lowest BCUT2D eigenvalue weighted by molar-refractivity contribution is 0.205. The Morgan fingerprint density at radius 2 is 2.05 bits per heavy atom. The van der Waals surface area contributed by atoms with E-state index in [1.54, 1.807) is 0 Å². The van der Waals surface area contributed by atoms with Crippen LogP contribution in [-0.4, -0.2) is 20.1 Å². The predicted octanol–water partition coefficient (Wildman–Crippen LogP) is 2.92. The summed E-state index contributed by atoms with van der Waals surface area (Å²) in [5.74, 6) is 1.30. The molecular weight excluding hydrogens is 246 g/mol. The summed E-state index contributed by atoms with van der Waals surface area (Å²) in [5, 5.41) is 2.75. The topological polar surface area (TPSA) is 36.1 Å². The fourth-order valence-corrected chi connectivity index (χ4v) is 2.81. The van der Waals surface area contributed by atoms with Crippen molar-refractivity contribution in [1.82, 2.24) is 16.2 Å². The van der Waals surface area contributed by atoms with E-state index in [0.29, 0.717) is 12.0 Å². The van der Waals surface area contributed by atoms with Crippen LogP contribution in [0.25, 0.3) is 0 Å². The largest absolute Gasteiger partial charge is 0.328 e. The van der Waals surface area contributed by atoms with Crippen LogP contribution in [0, 0.1) is 11.8 Å². The van der Waals surface area contributed by atoms with Gasteiger partial charge in [0.05, 0.1) is 6.04 Å². The molecule has 2 atom stereocenters.